The van der Waals surface area contributed by atoms with Crippen LogP contribution in [0.4, 0.5) is 0 Å². The van der Waals surface area contributed by atoms with Crippen LogP contribution in [0.15, 0.2) is 0 Å². The first-order chi connectivity index (χ1) is 4.56. The van der Waals surface area contributed by atoms with Crippen molar-refractivity contribution in [2.45, 2.75) is 40.0 Å². The van der Waals surface area contributed by atoms with Gasteiger partial charge in [-0.25, -0.2) is 0 Å². The van der Waals surface area contributed by atoms with E-state index in [1.165, 1.54) is 0 Å². The van der Waals surface area contributed by atoms with Crippen LogP contribution in [0, 0.1) is 5.41 Å². The minimum absolute atomic E-state index is 0.602. The molecule has 2 nitrogen and oxygen atoms in total. The van der Waals surface area contributed by atoms with Gasteiger partial charge < -0.3 is 9.90 Å². The Bertz CT molecular complexity index is 120. The first-order valence-electron chi connectivity index (χ1n) is 3.78. The Hall–Kier alpha value is -0.530. The molecule has 0 N–H and O–H groups in total. The van der Waals surface area contributed by atoms with Crippen molar-refractivity contribution in [3.8, 4) is 0 Å². The summed E-state index contributed by atoms with van der Waals surface area (Å²) in [6.45, 7) is 5.61. The van der Waals surface area contributed by atoms with E-state index >= 15 is 0 Å². The smallest absolute Gasteiger partial charge is 0.0473 e. The fraction of sp³-hybridized carbons (Fsp3) is 0.875. The van der Waals surface area contributed by atoms with Crippen molar-refractivity contribution < 1.29 is 9.90 Å². The SMILES string of the molecule is CCC[C@@](C)(CC)C(=O)[O-]. The molecule has 0 bridgehead atoms. The number of carboxylic acids is 1. The zero-order chi connectivity index (χ0) is 8.20. The zero-order valence-electron chi connectivity index (χ0n) is 6.94. The molecule has 0 aromatic heterocycles. The molecule has 0 unspecified atom stereocenters. The predicted molar refractivity (Wildman–Crippen MR) is 38.3 cm³/mol. The first-order valence-corrected chi connectivity index (χ1v) is 3.78. The van der Waals surface area contributed by atoms with E-state index in [-0.39, 0.29) is 0 Å². The van der Waals surface area contributed by atoms with Crippen LogP contribution < -0.4 is 5.11 Å². The van der Waals surface area contributed by atoms with Crippen molar-refractivity contribution in [3.63, 3.8) is 0 Å². The van der Waals surface area contributed by atoms with Gasteiger partial charge in [0.15, 0.2) is 0 Å². The average molecular weight is 143 g/mol. The Morgan fingerprint density at radius 1 is 1.50 bits per heavy atom. The van der Waals surface area contributed by atoms with Crippen LogP contribution >= 0.6 is 0 Å². The summed E-state index contributed by atoms with van der Waals surface area (Å²) in [5.74, 6) is -0.920. The van der Waals surface area contributed by atoms with E-state index in [0.717, 1.165) is 6.42 Å². The van der Waals surface area contributed by atoms with Crippen molar-refractivity contribution in [2.75, 3.05) is 0 Å². The van der Waals surface area contributed by atoms with Gasteiger partial charge in [0.25, 0.3) is 0 Å². The van der Waals surface area contributed by atoms with Crippen LogP contribution in [0.1, 0.15) is 40.0 Å². The molecule has 0 aromatic carbocycles. The number of carbonyl (C=O) groups is 1. The molecule has 0 fully saturated rings. The predicted octanol–water partition coefficient (Wildman–Crippen LogP) is 0.953. The van der Waals surface area contributed by atoms with Crippen molar-refractivity contribution in [3.05, 3.63) is 0 Å². The molecule has 10 heavy (non-hydrogen) atoms. The molecule has 60 valence electrons. The first kappa shape index (κ1) is 9.47. The molecule has 0 heterocycles. The van der Waals surface area contributed by atoms with Gasteiger partial charge in [-0.1, -0.05) is 27.2 Å². The van der Waals surface area contributed by atoms with E-state index in [9.17, 15) is 9.90 Å². The van der Waals surface area contributed by atoms with Crippen molar-refractivity contribution >= 4 is 5.97 Å². The largest absolute Gasteiger partial charge is 0.550 e. The van der Waals surface area contributed by atoms with Gasteiger partial charge in [-0.2, -0.15) is 0 Å². The second-order valence-corrected chi connectivity index (χ2v) is 2.95. The van der Waals surface area contributed by atoms with E-state index in [1.807, 2.05) is 13.8 Å². The maximum Gasteiger partial charge on any atom is 0.0473 e. The van der Waals surface area contributed by atoms with Gasteiger partial charge in [0.2, 0.25) is 0 Å². The maximum absolute atomic E-state index is 10.5. The Labute approximate surface area is 62.2 Å². The minimum Gasteiger partial charge on any atom is -0.550 e. The lowest BCUT2D eigenvalue weighted by Gasteiger charge is -2.28. The molecule has 0 saturated carbocycles. The van der Waals surface area contributed by atoms with Crippen LogP contribution in [0.2, 0.25) is 0 Å². The quantitative estimate of drug-likeness (QED) is 0.588. The fourth-order valence-electron chi connectivity index (χ4n) is 0.975. The van der Waals surface area contributed by atoms with E-state index in [2.05, 4.69) is 0 Å². The average Bonchev–Trinajstić information content (AvgIpc) is 1.88. The van der Waals surface area contributed by atoms with Gasteiger partial charge in [0.05, 0.1) is 0 Å². The topological polar surface area (TPSA) is 40.1 Å². The molecule has 0 spiro atoms. The molecule has 0 rings (SSSR count). The van der Waals surface area contributed by atoms with Crippen LogP contribution in [-0.4, -0.2) is 5.97 Å². The number of aliphatic carboxylic acids is 1. The molecular weight excluding hydrogens is 128 g/mol. The van der Waals surface area contributed by atoms with Gasteiger partial charge in [-0.15, -0.1) is 0 Å². The lowest BCUT2D eigenvalue weighted by atomic mass is 9.83. The van der Waals surface area contributed by atoms with Crippen molar-refractivity contribution in [1.29, 1.82) is 0 Å². The molecule has 1 atom stereocenters. The van der Waals surface area contributed by atoms with Crippen LogP contribution in [-0.2, 0) is 4.79 Å². The number of hydrogen-bond acceptors (Lipinski definition) is 2. The second kappa shape index (κ2) is 3.59. The monoisotopic (exact) mass is 143 g/mol. The lowest BCUT2D eigenvalue weighted by Crippen LogP contribution is -2.39. The van der Waals surface area contributed by atoms with Gasteiger partial charge >= 0.3 is 0 Å². The van der Waals surface area contributed by atoms with Gasteiger partial charge in [0, 0.05) is 11.4 Å². The Morgan fingerprint density at radius 2 is 2.00 bits per heavy atom. The molecule has 0 amide bonds. The summed E-state index contributed by atoms with van der Waals surface area (Å²) in [4.78, 5) is 10.5. The number of carboxylic acid groups (broad SMARTS) is 1. The van der Waals surface area contributed by atoms with Gasteiger partial charge in [0.1, 0.15) is 0 Å². The highest BCUT2D eigenvalue weighted by Gasteiger charge is 2.21. The standard InChI is InChI=1S/C8H16O2/c1-4-6-8(3,5-2)7(9)10/h4-6H2,1-3H3,(H,9,10)/p-1/t8-/m1/s1. The van der Waals surface area contributed by atoms with E-state index in [0.29, 0.717) is 12.8 Å². The van der Waals surface area contributed by atoms with Crippen LogP contribution in [0.3, 0.4) is 0 Å². The zero-order valence-corrected chi connectivity index (χ0v) is 6.94. The summed E-state index contributed by atoms with van der Waals surface area (Å²) in [5.41, 5.74) is -0.602. The second-order valence-electron chi connectivity index (χ2n) is 2.95. The summed E-state index contributed by atoms with van der Waals surface area (Å²) < 4.78 is 0. The fourth-order valence-corrected chi connectivity index (χ4v) is 0.975. The number of hydrogen-bond donors (Lipinski definition) is 0. The Balaban J connectivity index is 4.08. The minimum atomic E-state index is -0.920. The van der Waals surface area contributed by atoms with Crippen LogP contribution in [0.25, 0.3) is 0 Å². The molecule has 0 aromatic rings. The van der Waals surface area contributed by atoms with Crippen molar-refractivity contribution in [1.82, 2.24) is 0 Å². The van der Waals surface area contributed by atoms with Crippen LogP contribution in [0.5, 0.6) is 0 Å². The van der Waals surface area contributed by atoms with E-state index in [4.69, 9.17) is 0 Å². The summed E-state index contributed by atoms with van der Waals surface area (Å²) in [5, 5.41) is 10.5. The Kier molecular flexibility index (Phi) is 3.40. The molecule has 0 aliphatic carbocycles. The molecule has 2 heteroatoms. The molecular formula is C8H15O2-. The number of rotatable bonds is 4. The third kappa shape index (κ3) is 2.01. The molecule has 0 aliphatic rings. The maximum atomic E-state index is 10.5. The van der Waals surface area contributed by atoms with E-state index < -0.39 is 11.4 Å². The molecule has 0 aliphatic heterocycles. The highest BCUT2D eigenvalue weighted by atomic mass is 16.4. The Morgan fingerprint density at radius 3 is 2.10 bits per heavy atom. The molecule has 0 radical (unpaired) electrons. The number of carbonyl (C=O) groups excluding carboxylic acids is 1. The third-order valence-electron chi connectivity index (χ3n) is 2.07. The highest BCUT2D eigenvalue weighted by Crippen LogP contribution is 2.25. The lowest BCUT2D eigenvalue weighted by molar-refractivity contribution is -0.319. The summed E-state index contributed by atoms with van der Waals surface area (Å²) in [6.07, 6.45) is 2.27. The third-order valence-corrected chi connectivity index (χ3v) is 2.07. The summed E-state index contributed by atoms with van der Waals surface area (Å²) >= 11 is 0. The van der Waals surface area contributed by atoms with Gasteiger partial charge in [-0.05, 0) is 12.8 Å². The molecule has 0 saturated heterocycles. The normalized spacial score (nSPS) is 16.3. The summed E-state index contributed by atoms with van der Waals surface area (Å²) in [6, 6.07) is 0. The van der Waals surface area contributed by atoms with E-state index in [1.54, 1.807) is 6.92 Å². The van der Waals surface area contributed by atoms with Gasteiger partial charge in [-0.3, -0.25) is 0 Å². The summed E-state index contributed by atoms with van der Waals surface area (Å²) in [7, 11) is 0. The highest BCUT2D eigenvalue weighted by molar-refractivity contribution is 5.71. The van der Waals surface area contributed by atoms with Crippen molar-refractivity contribution in [2.24, 2.45) is 5.41 Å².